The molecule has 2 aromatic rings. The summed E-state index contributed by atoms with van der Waals surface area (Å²) >= 11 is 0. The number of amides is 1. The second-order valence-electron chi connectivity index (χ2n) is 6.46. The third-order valence-corrected chi connectivity index (χ3v) is 4.66. The van der Waals surface area contributed by atoms with E-state index in [1.165, 1.54) is 12.1 Å². The third-order valence-electron chi connectivity index (χ3n) is 4.66. The molecular weight excluding hydrogens is 323 g/mol. The third kappa shape index (κ3) is 4.38. The SMILES string of the molecule is Cc1noc(C)c1CCC(=O)N1CCC(Oc2cccc(F)c2)CC1. The molecule has 1 aliphatic rings. The van der Waals surface area contributed by atoms with Crippen LogP contribution in [0.15, 0.2) is 28.8 Å². The summed E-state index contributed by atoms with van der Waals surface area (Å²) in [4.78, 5) is 14.3. The Labute approximate surface area is 146 Å². The van der Waals surface area contributed by atoms with E-state index in [0.717, 1.165) is 29.9 Å². The lowest BCUT2D eigenvalue weighted by Gasteiger charge is -2.32. The Morgan fingerprint density at radius 1 is 1.36 bits per heavy atom. The Kier molecular flexibility index (Phi) is 5.36. The molecule has 0 saturated carbocycles. The highest BCUT2D eigenvalue weighted by molar-refractivity contribution is 5.76. The molecule has 1 aromatic carbocycles. The molecule has 134 valence electrons. The number of likely N-dealkylation sites (tertiary alicyclic amines) is 1. The summed E-state index contributed by atoms with van der Waals surface area (Å²) in [5, 5.41) is 3.92. The standard InChI is InChI=1S/C19H23FN2O3/c1-13-18(14(2)25-21-13)6-7-19(23)22-10-8-16(9-11-22)24-17-5-3-4-15(20)12-17/h3-5,12,16H,6-11H2,1-2H3. The van der Waals surface area contributed by atoms with Gasteiger partial charge in [0, 0.05) is 44.0 Å². The Bertz CT molecular complexity index is 717. The van der Waals surface area contributed by atoms with Crippen LogP contribution in [0.2, 0.25) is 0 Å². The highest BCUT2D eigenvalue weighted by Gasteiger charge is 2.24. The maximum Gasteiger partial charge on any atom is 0.222 e. The number of carbonyl (C=O) groups excluding carboxylic acids is 1. The van der Waals surface area contributed by atoms with Crippen LogP contribution in [0.3, 0.4) is 0 Å². The predicted octanol–water partition coefficient (Wildman–Crippen LogP) is 3.43. The van der Waals surface area contributed by atoms with Gasteiger partial charge in [-0.2, -0.15) is 0 Å². The largest absolute Gasteiger partial charge is 0.490 e. The number of aromatic nitrogens is 1. The molecule has 5 nitrogen and oxygen atoms in total. The molecule has 0 spiro atoms. The number of nitrogens with zero attached hydrogens (tertiary/aromatic N) is 2. The summed E-state index contributed by atoms with van der Waals surface area (Å²) in [7, 11) is 0. The number of halogens is 1. The maximum absolute atomic E-state index is 13.2. The second kappa shape index (κ2) is 7.68. The number of ether oxygens (including phenoxy) is 1. The van der Waals surface area contributed by atoms with Crippen LogP contribution in [-0.4, -0.2) is 35.2 Å². The molecule has 6 heteroatoms. The van der Waals surface area contributed by atoms with Crippen molar-refractivity contribution in [2.75, 3.05) is 13.1 Å². The van der Waals surface area contributed by atoms with E-state index in [0.29, 0.717) is 31.7 Å². The van der Waals surface area contributed by atoms with E-state index < -0.39 is 0 Å². The van der Waals surface area contributed by atoms with Crippen molar-refractivity contribution in [2.45, 2.75) is 45.6 Å². The predicted molar refractivity (Wildman–Crippen MR) is 90.9 cm³/mol. The van der Waals surface area contributed by atoms with Crippen molar-refractivity contribution in [3.05, 3.63) is 47.1 Å². The van der Waals surface area contributed by atoms with Crippen LogP contribution in [0, 0.1) is 19.7 Å². The average molecular weight is 346 g/mol. The molecule has 0 N–H and O–H groups in total. The van der Waals surface area contributed by atoms with E-state index in [1.54, 1.807) is 12.1 Å². The van der Waals surface area contributed by atoms with E-state index in [-0.39, 0.29) is 17.8 Å². The van der Waals surface area contributed by atoms with Gasteiger partial charge in [0.1, 0.15) is 23.4 Å². The van der Waals surface area contributed by atoms with Gasteiger partial charge < -0.3 is 14.2 Å². The first-order valence-electron chi connectivity index (χ1n) is 8.64. The Hall–Kier alpha value is -2.37. The zero-order valence-corrected chi connectivity index (χ0v) is 14.6. The molecule has 3 rings (SSSR count). The fourth-order valence-electron chi connectivity index (χ4n) is 3.20. The number of hydrogen-bond donors (Lipinski definition) is 0. The van der Waals surface area contributed by atoms with Gasteiger partial charge >= 0.3 is 0 Å². The lowest BCUT2D eigenvalue weighted by atomic mass is 10.0. The van der Waals surface area contributed by atoms with Crippen molar-refractivity contribution >= 4 is 5.91 Å². The van der Waals surface area contributed by atoms with Gasteiger partial charge in [0.15, 0.2) is 0 Å². The normalized spacial score (nSPS) is 15.4. The van der Waals surface area contributed by atoms with Gasteiger partial charge in [-0.15, -0.1) is 0 Å². The van der Waals surface area contributed by atoms with Crippen LogP contribution in [0.1, 0.15) is 36.3 Å². The highest BCUT2D eigenvalue weighted by Crippen LogP contribution is 2.21. The molecule has 1 aromatic heterocycles. The van der Waals surface area contributed by atoms with Crippen molar-refractivity contribution in [1.82, 2.24) is 10.1 Å². The summed E-state index contributed by atoms with van der Waals surface area (Å²) in [6.07, 6.45) is 2.65. The van der Waals surface area contributed by atoms with Gasteiger partial charge in [0.05, 0.1) is 5.69 Å². The second-order valence-corrected chi connectivity index (χ2v) is 6.46. The average Bonchev–Trinajstić information content (AvgIpc) is 2.92. The molecule has 25 heavy (non-hydrogen) atoms. The summed E-state index contributed by atoms with van der Waals surface area (Å²) in [6, 6.07) is 6.18. The number of rotatable bonds is 5. The quantitative estimate of drug-likeness (QED) is 0.832. The monoisotopic (exact) mass is 346 g/mol. The Morgan fingerprint density at radius 2 is 2.12 bits per heavy atom. The van der Waals surface area contributed by atoms with Crippen LogP contribution in [0.5, 0.6) is 5.75 Å². The number of aryl methyl sites for hydroxylation is 2. The number of hydrogen-bond acceptors (Lipinski definition) is 4. The van der Waals surface area contributed by atoms with Gasteiger partial charge in [-0.25, -0.2) is 4.39 Å². The van der Waals surface area contributed by atoms with Crippen LogP contribution >= 0.6 is 0 Å². The van der Waals surface area contributed by atoms with Crippen LogP contribution in [-0.2, 0) is 11.2 Å². The summed E-state index contributed by atoms with van der Waals surface area (Å²) < 4.78 is 24.2. The van der Waals surface area contributed by atoms with Crippen molar-refractivity contribution in [1.29, 1.82) is 0 Å². The summed E-state index contributed by atoms with van der Waals surface area (Å²) in [5.41, 5.74) is 1.88. The molecule has 0 aliphatic carbocycles. The zero-order chi connectivity index (χ0) is 17.8. The summed E-state index contributed by atoms with van der Waals surface area (Å²) in [5.74, 6) is 1.17. The Morgan fingerprint density at radius 3 is 2.76 bits per heavy atom. The number of benzene rings is 1. The molecule has 1 fully saturated rings. The minimum absolute atomic E-state index is 0.0217. The van der Waals surface area contributed by atoms with Gasteiger partial charge in [0.25, 0.3) is 0 Å². The zero-order valence-electron chi connectivity index (χ0n) is 14.6. The van der Waals surface area contributed by atoms with E-state index in [1.807, 2.05) is 18.7 Å². The molecule has 0 bridgehead atoms. The van der Waals surface area contributed by atoms with Crippen molar-refractivity contribution in [3.63, 3.8) is 0 Å². The fourth-order valence-corrected chi connectivity index (χ4v) is 3.20. The van der Waals surface area contributed by atoms with Gasteiger partial charge in [-0.3, -0.25) is 4.79 Å². The van der Waals surface area contributed by atoms with Crippen molar-refractivity contribution < 1.29 is 18.4 Å². The lowest BCUT2D eigenvalue weighted by molar-refractivity contribution is -0.132. The van der Waals surface area contributed by atoms with E-state index in [4.69, 9.17) is 9.26 Å². The van der Waals surface area contributed by atoms with Crippen LogP contribution < -0.4 is 4.74 Å². The molecule has 0 atom stereocenters. The minimum Gasteiger partial charge on any atom is -0.490 e. The topological polar surface area (TPSA) is 55.6 Å². The van der Waals surface area contributed by atoms with Gasteiger partial charge in [-0.05, 0) is 32.4 Å². The molecule has 1 amide bonds. The number of piperidine rings is 1. The molecular formula is C19H23FN2O3. The first kappa shape index (κ1) is 17.5. The van der Waals surface area contributed by atoms with E-state index in [2.05, 4.69) is 5.16 Å². The van der Waals surface area contributed by atoms with Crippen molar-refractivity contribution in [3.8, 4) is 5.75 Å². The molecule has 0 unspecified atom stereocenters. The minimum atomic E-state index is -0.301. The van der Waals surface area contributed by atoms with E-state index in [9.17, 15) is 9.18 Å². The number of carbonyl (C=O) groups is 1. The van der Waals surface area contributed by atoms with Crippen LogP contribution in [0.25, 0.3) is 0 Å². The molecule has 0 radical (unpaired) electrons. The molecule has 2 heterocycles. The fraction of sp³-hybridized carbons (Fsp3) is 0.474. The lowest BCUT2D eigenvalue weighted by Crippen LogP contribution is -2.41. The Balaban J connectivity index is 1.46. The van der Waals surface area contributed by atoms with E-state index >= 15 is 0 Å². The van der Waals surface area contributed by atoms with Crippen molar-refractivity contribution in [2.24, 2.45) is 0 Å². The molecule has 1 aliphatic heterocycles. The summed E-state index contributed by atoms with van der Waals surface area (Å²) in [6.45, 7) is 5.10. The first-order chi connectivity index (χ1) is 12.0. The smallest absolute Gasteiger partial charge is 0.222 e. The highest BCUT2D eigenvalue weighted by atomic mass is 19.1. The van der Waals surface area contributed by atoms with Crippen LogP contribution in [0.4, 0.5) is 4.39 Å². The first-order valence-corrected chi connectivity index (χ1v) is 8.64. The van der Waals surface area contributed by atoms with Gasteiger partial charge in [0.2, 0.25) is 5.91 Å². The van der Waals surface area contributed by atoms with Gasteiger partial charge in [-0.1, -0.05) is 11.2 Å². The maximum atomic E-state index is 13.2. The molecule has 1 saturated heterocycles.